The molecule has 1 amide bonds. The zero-order chi connectivity index (χ0) is 19.4. The van der Waals surface area contributed by atoms with Crippen molar-refractivity contribution in [3.05, 3.63) is 47.9 Å². The SMILES string of the molecule is CCCN(CCC)C(=O)c1cc2c(C(=O)OCC)ncn2c2ccccc12. The molecule has 1 aromatic carbocycles. The minimum atomic E-state index is -0.479. The van der Waals surface area contributed by atoms with Crippen molar-refractivity contribution in [3.63, 3.8) is 0 Å². The second-order valence-corrected chi connectivity index (χ2v) is 6.44. The zero-order valence-corrected chi connectivity index (χ0v) is 16.1. The molecule has 0 radical (unpaired) electrons. The summed E-state index contributed by atoms with van der Waals surface area (Å²) in [6.07, 6.45) is 3.40. The minimum Gasteiger partial charge on any atom is -0.461 e. The zero-order valence-electron chi connectivity index (χ0n) is 16.1. The number of nitrogens with zero attached hydrogens (tertiary/aromatic N) is 3. The van der Waals surface area contributed by atoms with Gasteiger partial charge in [-0.15, -0.1) is 0 Å². The van der Waals surface area contributed by atoms with Gasteiger partial charge in [-0.05, 0) is 31.9 Å². The number of carbonyl (C=O) groups excluding carboxylic acids is 2. The van der Waals surface area contributed by atoms with Crippen LogP contribution in [0.5, 0.6) is 0 Å². The maximum absolute atomic E-state index is 13.3. The quantitative estimate of drug-likeness (QED) is 0.594. The number of hydrogen-bond acceptors (Lipinski definition) is 4. The van der Waals surface area contributed by atoms with Crippen LogP contribution >= 0.6 is 0 Å². The number of aromatic nitrogens is 2. The third kappa shape index (κ3) is 3.52. The van der Waals surface area contributed by atoms with Crippen LogP contribution in [0.1, 0.15) is 54.5 Å². The van der Waals surface area contributed by atoms with E-state index in [0.29, 0.717) is 24.2 Å². The molecule has 6 heteroatoms. The second-order valence-electron chi connectivity index (χ2n) is 6.44. The number of benzene rings is 1. The van der Waals surface area contributed by atoms with Gasteiger partial charge in [-0.1, -0.05) is 32.0 Å². The summed E-state index contributed by atoms with van der Waals surface area (Å²) in [5.74, 6) is -0.499. The van der Waals surface area contributed by atoms with Crippen LogP contribution in [0, 0.1) is 0 Å². The van der Waals surface area contributed by atoms with Crippen molar-refractivity contribution in [3.8, 4) is 0 Å². The number of rotatable bonds is 7. The number of amides is 1. The van der Waals surface area contributed by atoms with Crippen molar-refractivity contribution in [1.82, 2.24) is 14.3 Å². The molecule has 3 rings (SSSR count). The topological polar surface area (TPSA) is 63.9 Å². The lowest BCUT2D eigenvalue weighted by atomic mass is 10.1. The van der Waals surface area contributed by atoms with Crippen molar-refractivity contribution in [2.45, 2.75) is 33.6 Å². The molecule has 27 heavy (non-hydrogen) atoms. The molecule has 3 aromatic rings. The Balaban J connectivity index is 2.22. The van der Waals surface area contributed by atoms with E-state index in [1.54, 1.807) is 19.3 Å². The molecule has 2 heterocycles. The average Bonchev–Trinajstić information content (AvgIpc) is 3.11. The van der Waals surface area contributed by atoms with Crippen LogP contribution in [0.3, 0.4) is 0 Å². The van der Waals surface area contributed by atoms with Gasteiger partial charge >= 0.3 is 5.97 Å². The van der Waals surface area contributed by atoms with Crippen LogP contribution in [0.15, 0.2) is 36.7 Å². The summed E-state index contributed by atoms with van der Waals surface area (Å²) >= 11 is 0. The van der Waals surface area contributed by atoms with E-state index in [9.17, 15) is 9.59 Å². The molecule has 0 aliphatic rings. The van der Waals surface area contributed by atoms with Gasteiger partial charge in [-0.25, -0.2) is 9.78 Å². The highest BCUT2D eigenvalue weighted by Crippen LogP contribution is 2.25. The Morgan fingerprint density at radius 1 is 1.07 bits per heavy atom. The van der Waals surface area contributed by atoms with E-state index < -0.39 is 5.97 Å². The van der Waals surface area contributed by atoms with Crippen LogP contribution in [-0.4, -0.2) is 45.9 Å². The van der Waals surface area contributed by atoms with Crippen molar-refractivity contribution < 1.29 is 14.3 Å². The number of imidazole rings is 1. The maximum Gasteiger partial charge on any atom is 0.359 e. The lowest BCUT2D eigenvalue weighted by Gasteiger charge is -2.22. The molecule has 6 nitrogen and oxygen atoms in total. The molecule has 0 fully saturated rings. The van der Waals surface area contributed by atoms with E-state index in [1.807, 2.05) is 33.6 Å². The number of hydrogen-bond donors (Lipinski definition) is 0. The lowest BCUT2D eigenvalue weighted by molar-refractivity contribution is 0.0522. The number of pyridine rings is 1. The molecule has 2 aromatic heterocycles. The van der Waals surface area contributed by atoms with Gasteiger partial charge in [0.25, 0.3) is 5.91 Å². The molecule has 0 aliphatic carbocycles. The van der Waals surface area contributed by atoms with Gasteiger partial charge < -0.3 is 9.64 Å². The van der Waals surface area contributed by atoms with Gasteiger partial charge in [-0.2, -0.15) is 0 Å². The third-order valence-corrected chi connectivity index (χ3v) is 4.51. The highest BCUT2D eigenvalue weighted by molar-refractivity contribution is 6.09. The summed E-state index contributed by atoms with van der Waals surface area (Å²) in [5, 5.41) is 0.847. The van der Waals surface area contributed by atoms with Gasteiger partial charge in [0.05, 0.1) is 23.2 Å². The Labute approximate surface area is 158 Å². The highest BCUT2D eigenvalue weighted by atomic mass is 16.5. The Hall–Kier alpha value is -2.89. The molecule has 0 aliphatic heterocycles. The van der Waals surface area contributed by atoms with Crippen LogP contribution in [-0.2, 0) is 4.74 Å². The Morgan fingerprint density at radius 3 is 2.44 bits per heavy atom. The van der Waals surface area contributed by atoms with E-state index in [4.69, 9.17) is 4.74 Å². The third-order valence-electron chi connectivity index (χ3n) is 4.51. The number of para-hydroxylation sites is 1. The van der Waals surface area contributed by atoms with Gasteiger partial charge in [0.2, 0.25) is 0 Å². The fourth-order valence-electron chi connectivity index (χ4n) is 3.37. The van der Waals surface area contributed by atoms with Crippen molar-refractivity contribution >= 4 is 28.3 Å². The molecular weight excluding hydrogens is 342 g/mol. The smallest absolute Gasteiger partial charge is 0.359 e. The summed E-state index contributed by atoms with van der Waals surface area (Å²) in [5.41, 5.74) is 2.25. The summed E-state index contributed by atoms with van der Waals surface area (Å²) < 4.78 is 6.96. The van der Waals surface area contributed by atoms with Crippen LogP contribution < -0.4 is 0 Å². The van der Waals surface area contributed by atoms with Crippen LogP contribution in [0.4, 0.5) is 0 Å². The average molecular weight is 367 g/mol. The molecular formula is C21H25N3O3. The van der Waals surface area contributed by atoms with E-state index in [2.05, 4.69) is 18.8 Å². The maximum atomic E-state index is 13.3. The van der Waals surface area contributed by atoms with Crippen molar-refractivity contribution in [1.29, 1.82) is 0 Å². The largest absolute Gasteiger partial charge is 0.461 e. The standard InChI is InChI=1S/C21H25N3O3/c1-4-11-23(12-5-2)20(25)16-13-18-19(21(26)27-6-3)22-14-24(18)17-10-8-7-9-15(16)17/h7-10,13-14H,4-6,11-12H2,1-3H3. The molecule has 0 saturated carbocycles. The Bertz CT molecular complexity index is 971. The summed E-state index contributed by atoms with van der Waals surface area (Å²) in [6.45, 7) is 7.57. The number of fused-ring (bicyclic) bond motifs is 3. The van der Waals surface area contributed by atoms with Crippen LogP contribution in [0.25, 0.3) is 16.4 Å². The molecule has 0 unspecified atom stereocenters. The number of esters is 1. The van der Waals surface area contributed by atoms with Crippen molar-refractivity contribution in [2.75, 3.05) is 19.7 Å². The Morgan fingerprint density at radius 2 is 1.78 bits per heavy atom. The molecule has 0 N–H and O–H groups in total. The minimum absolute atomic E-state index is 0.0200. The predicted molar refractivity (Wildman–Crippen MR) is 105 cm³/mol. The molecule has 0 spiro atoms. The van der Waals surface area contributed by atoms with Crippen LogP contribution in [0.2, 0.25) is 0 Å². The first kappa shape index (κ1) is 18.9. The van der Waals surface area contributed by atoms with Gasteiger partial charge in [0.15, 0.2) is 5.69 Å². The van der Waals surface area contributed by atoms with Gasteiger partial charge in [-0.3, -0.25) is 9.20 Å². The molecule has 0 saturated heterocycles. The number of ether oxygens (including phenoxy) is 1. The van der Waals surface area contributed by atoms with Crippen molar-refractivity contribution in [2.24, 2.45) is 0 Å². The van der Waals surface area contributed by atoms with E-state index in [-0.39, 0.29) is 18.2 Å². The van der Waals surface area contributed by atoms with E-state index in [0.717, 1.165) is 23.7 Å². The monoisotopic (exact) mass is 367 g/mol. The number of carbonyl (C=O) groups is 2. The first-order valence-corrected chi connectivity index (χ1v) is 9.47. The van der Waals surface area contributed by atoms with Gasteiger partial charge in [0.1, 0.15) is 6.33 Å². The summed E-state index contributed by atoms with van der Waals surface area (Å²) in [6, 6.07) is 9.46. The fraction of sp³-hybridized carbons (Fsp3) is 0.381. The summed E-state index contributed by atoms with van der Waals surface area (Å²) in [4.78, 5) is 31.7. The second kappa shape index (κ2) is 8.20. The van der Waals surface area contributed by atoms with E-state index in [1.165, 1.54) is 0 Å². The molecule has 142 valence electrons. The molecule has 0 bridgehead atoms. The molecule has 0 atom stereocenters. The normalized spacial score (nSPS) is 11.1. The first-order chi connectivity index (χ1) is 13.1. The summed E-state index contributed by atoms with van der Waals surface area (Å²) in [7, 11) is 0. The highest BCUT2D eigenvalue weighted by Gasteiger charge is 2.22. The van der Waals surface area contributed by atoms with E-state index >= 15 is 0 Å². The first-order valence-electron chi connectivity index (χ1n) is 9.47. The fourth-order valence-corrected chi connectivity index (χ4v) is 3.37. The Kier molecular flexibility index (Phi) is 5.74. The van der Waals surface area contributed by atoms with Gasteiger partial charge in [0, 0.05) is 18.5 Å². The lowest BCUT2D eigenvalue weighted by Crippen LogP contribution is -2.32. The predicted octanol–water partition coefficient (Wildman–Crippen LogP) is 3.93.